The molecule has 0 amide bonds. The first kappa shape index (κ1) is 17.8. The molecule has 1 aliphatic heterocycles. The Hall–Kier alpha value is -2.00. The molecular weight excluding hydrogens is 342 g/mol. The summed E-state index contributed by atoms with van der Waals surface area (Å²) >= 11 is 0. The topological polar surface area (TPSA) is 101 Å². The van der Waals surface area contributed by atoms with Crippen molar-refractivity contribution in [3.05, 3.63) is 39.1 Å². The smallest absolute Gasteiger partial charge is 0.256 e. The standard InChI is InChI=1S/C16H23N5O3S/c1-4-6-21-11(2)12(8-17-21)9-20-7-5-14-13(10-20)15(22)19-16(18-14)25(3,23)24/h8H,4-7,9-10H2,1-3H3,(H,18,19,22). The van der Waals surface area contributed by atoms with Gasteiger partial charge >= 0.3 is 0 Å². The lowest BCUT2D eigenvalue weighted by Crippen LogP contribution is -2.36. The van der Waals surface area contributed by atoms with Crippen LogP contribution in [-0.4, -0.2) is 45.9 Å². The predicted molar refractivity (Wildman–Crippen MR) is 93.0 cm³/mol. The number of hydrogen-bond acceptors (Lipinski definition) is 6. The summed E-state index contributed by atoms with van der Waals surface area (Å²) in [6.45, 7) is 6.97. The van der Waals surface area contributed by atoms with E-state index in [4.69, 9.17) is 0 Å². The molecule has 0 unspecified atom stereocenters. The van der Waals surface area contributed by atoms with Gasteiger partial charge in [0, 0.05) is 50.1 Å². The van der Waals surface area contributed by atoms with Crippen LogP contribution in [-0.2, 0) is 35.9 Å². The van der Waals surface area contributed by atoms with E-state index in [0.29, 0.717) is 30.8 Å². The van der Waals surface area contributed by atoms with E-state index in [-0.39, 0.29) is 10.7 Å². The van der Waals surface area contributed by atoms with Gasteiger partial charge in [-0.3, -0.25) is 19.4 Å². The van der Waals surface area contributed by atoms with E-state index in [1.54, 1.807) is 0 Å². The summed E-state index contributed by atoms with van der Waals surface area (Å²) < 4.78 is 25.2. The third-order valence-electron chi connectivity index (χ3n) is 4.51. The number of sulfone groups is 1. The molecule has 3 rings (SSSR count). The van der Waals surface area contributed by atoms with Gasteiger partial charge in [0.1, 0.15) is 0 Å². The molecule has 0 saturated heterocycles. The van der Waals surface area contributed by atoms with Gasteiger partial charge in [-0.1, -0.05) is 6.92 Å². The SMILES string of the molecule is CCCn1ncc(CN2CCc3nc(S(C)(=O)=O)[nH]c(=O)c3C2)c1C. The van der Waals surface area contributed by atoms with Crippen molar-refractivity contribution in [2.75, 3.05) is 12.8 Å². The first-order valence-corrected chi connectivity index (χ1v) is 10.2. The third-order valence-corrected chi connectivity index (χ3v) is 5.41. The summed E-state index contributed by atoms with van der Waals surface area (Å²) in [5.74, 6) is 0. The van der Waals surface area contributed by atoms with Crippen molar-refractivity contribution in [3.63, 3.8) is 0 Å². The minimum absolute atomic E-state index is 0.249. The van der Waals surface area contributed by atoms with Crippen molar-refractivity contribution in [2.24, 2.45) is 0 Å². The summed E-state index contributed by atoms with van der Waals surface area (Å²) in [7, 11) is -3.52. The molecule has 0 radical (unpaired) electrons. The van der Waals surface area contributed by atoms with Crippen molar-refractivity contribution in [1.82, 2.24) is 24.6 Å². The number of aryl methyl sites for hydroxylation is 1. The van der Waals surface area contributed by atoms with Gasteiger partial charge in [-0.05, 0) is 13.3 Å². The number of aromatic nitrogens is 4. The Morgan fingerprint density at radius 3 is 2.80 bits per heavy atom. The van der Waals surface area contributed by atoms with Gasteiger partial charge in [0.2, 0.25) is 15.0 Å². The average molecular weight is 365 g/mol. The van der Waals surface area contributed by atoms with Gasteiger partial charge in [0.25, 0.3) is 5.56 Å². The van der Waals surface area contributed by atoms with Crippen LogP contribution in [0.25, 0.3) is 0 Å². The normalized spacial score (nSPS) is 15.3. The van der Waals surface area contributed by atoms with Crippen LogP contribution in [0.4, 0.5) is 0 Å². The fraction of sp³-hybridized carbons (Fsp3) is 0.562. The number of aromatic amines is 1. The molecule has 0 atom stereocenters. The van der Waals surface area contributed by atoms with Gasteiger partial charge in [-0.2, -0.15) is 5.10 Å². The zero-order chi connectivity index (χ0) is 18.2. The Kier molecular flexibility index (Phi) is 4.79. The van der Waals surface area contributed by atoms with Crippen LogP contribution in [0.15, 0.2) is 16.1 Å². The number of fused-ring (bicyclic) bond motifs is 1. The van der Waals surface area contributed by atoms with E-state index in [9.17, 15) is 13.2 Å². The highest BCUT2D eigenvalue weighted by Gasteiger charge is 2.24. The van der Waals surface area contributed by atoms with Gasteiger partial charge in [0.15, 0.2) is 0 Å². The van der Waals surface area contributed by atoms with Crippen molar-refractivity contribution >= 4 is 9.84 Å². The Bertz CT molecular complexity index is 945. The molecule has 0 fully saturated rings. The average Bonchev–Trinajstić information content (AvgIpc) is 2.88. The Labute approximate surface area is 146 Å². The largest absolute Gasteiger partial charge is 0.297 e. The van der Waals surface area contributed by atoms with E-state index in [0.717, 1.165) is 37.0 Å². The number of rotatable bonds is 5. The van der Waals surface area contributed by atoms with Crippen LogP contribution in [0.5, 0.6) is 0 Å². The molecule has 0 spiro atoms. The Morgan fingerprint density at radius 1 is 1.36 bits per heavy atom. The lowest BCUT2D eigenvalue weighted by molar-refractivity contribution is 0.240. The fourth-order valence-electron chi connectivity index (χ4n) is 3.09. The number of H-pyrrole nitrogens is 1. The fourth-order valence-corrected chi connectivity index (χ4v) is 3.64. The second kappa shape index (κ2) is 6.72. The number of nitrogens with zero attached hydrogens (tertiary/aromatic N) is 4. The second-order valence-electron chi connectivity index (χ2n) is 6.51. The molecule has 0 aromatic carbocycles. The maximum Gasteiger partial charge on any atom is 0.256 e. The minimum Gasteiger partial charge on any atom is -0.297 e. The molecule has 0 bridgehead atoms. The van der Waals surface area contributed by atoms with E-state index in [2.05, 4.69) is 33.8 Å². The van der Waals surface area contributed by atoms with E-state index < -0.39 is 9.84 Å². The van der Waals surface area contributed by atoms with Gasteiger partial charge < -0.3 is 0 Å². The zero-order valence-corrected chi connectivity index (χ0v) is 15.6. The second-order valence-corrected chi connectivity index (χ2v) is 8.44. The minimum atomic E-state index is -3.52. The summed E-state index contributed by atoms with van der Waals surface area (Å²) in [5, 5.41) is 4.17. The van der Waals surface area contributed by atoms with Crippen molar-refractivity contribution in [3.8, 4) is 0 Å². The lowest BCUT2D eigenvalue weighted by atomic mass is 10.1. The van der Waals surface area contributed by atoms with Crippen molar-refractivity contribution < 1.29 is 8.42 Å². The number of nitrogens with one attached hydrogen (secondary N) is 1. The maximum atomic E-state index is 12.3. The highest BCUT2D eigenvalue weighted by atomic mass is 32.2. The molecule has 1 N–H and O–H groups in total. The lowest BCUT2D eigenvalue weighted by Gasteiger charge is -2.27. The van der Waals surface area contributed by atoms with Crippen molar-refractivity contribution in [2.45, 2.75) is 51.5 Å². The molecule has 2 aromatic heterocycles. The highest BCUT2D eigenvalue weighted by molar-refractivity contribution is 7.90. The Balaban J connectivity index is 1.81. The zero-order valence-electron chi connectivity index (χ0n) is 14.7. The van der Waals surface area contributed by atoms with E-state index in [1.165, 1.54) is 0 Å². The Morgan fingerprint density at radius 2 is 2.12 bits per heavy atom. The van der Waals surface area contributed by atoms with Crippen LogP contribution in [0.2, 0.25) is 0 Å². The first-order chi connectivity index (χ1) is 11.8. The van der Waals surface area contributed by atoms with Crippen LogP contribution in [0, 0.1) is 6.92 Å². The maximum absolute atomic E-state index is 12.3. The molecule has 9 heteroatoms. The monoisotopic (exact) mass is 365 g/mol. The summed E-state index contributed by atoms with van der Waals surface area (Å²) in [6, 6.07) is 0. The summed E-state index contributed by atoms with van der Waals surface area (Å²) in [4.78, 5) is 21.0. The van der Waals surface area contributed by atoms with E-state index in [1.807, 2.05) is 10.9 Å². The molecule has 25 heavy (non-hydrogen) atoms. The van der Waals surface area contributed by atoms with Crippen LogP contribution in [0.3, 0.4) is 0 Å². The van der Waals surface area contributed by atoms with Crippen molar-refractivity contribution in [1.29, 1.82) is 0 Å². The predicted octanol–water partition coefficient (Wildman–Crippen LogP) is 0.647. The molecule has 1 aliphatic rings. The molecule has 0 aliphatic carbocycles. The van der Waals surface area contributed by atoms with Crippen LogP contribution < -0.4 is 5.56 Å². The van der Waals surface area contributed by atoms with Gasteiger partial charge in [-0.15, -0.1) is 0 Å². The molecular formula is C16H23N5O3S. The molecule has 136 valence electrons. The third kappa shape index (κ3) is 3.67. The summed E-state index contributed by atoms with van der Waals surface area (Å²) in [6.07, 6.45) is 4.52. The molecule has 8 nitrogen and oxygen atoms in total. The highest BCUT2D eigenvalue weighted by Crippen LogP contribution is 2.19. The van der Waals surface area contributed by atoms with Gasteiger partial charge in [0.05, 0.1) is 17.5 Å². The van der Waals surface area contributed by atoms with E-state index >= 15 is 0 Å². The van der Waals surface area contributed by atoms with Crippen LogP contribution >= 0.6 is 0 Å². The van der Waals surface area contributed by atoms with Crippen LogP contribution in [0.1, 0.15) is 35.9 Å². The molecule has 0 saturated carbocycles. The number of hydrogen-bond donors (Lipinski definition) is 1. The molecule has 2 aromatic rings. The quantitative estimate of drug-likeness (QED) is 0.781. The summed E-state index contributed by atoms with van der Waals surface area (Å²) in [5.41, 5.74) is 3.06. The molecule has 3 heterocycles. The first-order valence-electron chi connectivity index (χ1n) is 8.35. The van der Waals surface area contributed by atoms with Gasteiger partial charge in [-0.25, -0.2) is 13.4 Å².